The first-order chi connectivity index (χ1) is 10.5. The van der Waals surface area contributed by atoms with E-state index in [2.05, 4.69) is 5.32 Å². The second kappa shape index (κ2) is 7.71. The molecule has 1 aromatic carbocycles. The van der Waals surface area contributed by atoms with E-state index in [1.165, 1.54) is 7.11 Å². The van der Waals surface area contributed by atoms with Crippen LogP contribution in [0.15, 0.2) is 12.1 Å². The standard InChI is InChI=1S/C15H20INO6/c1-15(2,3)23-14(21)17-9(13(19)20)7-8-5-6-10(22-4)12(18)11(8)16/h5-6,9,18H,7H2,1-4H3,(H,17,21)(H,19,20). The van der Waals surface area contributed by atoms with Gasteiger partial charge in [0.2, 0.25) is 0 Å². The molecule has 1 rings (SSSR count). The number of aliphatic carboxylic acids is 1. The van der Waals surface area contributed by atoms with Crippen LogP contribution in [0, 0.1) is 3.57 Å². The van der Waals surface area contributed by atoms with Crippen LogP contribution >= 0.6 is 22.6 Å². The summed E-state index contributed by atoms with van der Waals surface area (Å²) < 4.78 is 10.5. The second-order valence-corrected chi connectivity index (χ2v) is 6.91. The molecule has 1 aromatic rings. The largest absolute Gasteiger partial charge is 0.504 e. The molecule has 1 atom stereocenters. The molecule has 0 aromatic heterocycles. The van der Waals surface area contributed by atoms with E-state index in [9.17, 15) is 19.8 Å². The van der Waals surface area contributed by atoms with Crippen LogP contribution in [0.3, 0.4) is 0 Å². The summed E-state index contributed by atoms with van der Waals surface area (Å²) in [6.45, 7) is 5.06. The van der Waals surface area contributed by atoms with Crippen LogP contribution in [0.2, 0.25) is 0 Å². The fourth-order valence-corrected chi connectivity index (χ4v) is 2.45. The molecule has 1 unspecified atom stereocenters. The number of amides is 1. The zero-order chi connectivity index (χ0) is 17.8. The number of rotatable bonds is 5. The Morgan fingerprint density at radius 3 is 2.43 bits per heavy atom. The molecule has 7 nitrogen and oxygen atoms in total. The summed E-state index contributed by atoms with van der Waals surface area (Å²) in [5, 5.41) is 21.6. The molecule has 0 fully saturated rings. The number of carbonyl (C=O) groups excluding carboxylic acids is 1. The van der Waals surface area contributed by atoms with E-state index in [1.54, 1.807) is 32.9 Å². The molecule has 23 heavy (non-hydrogen) atoms. The highest BCUT2D eigenvalue weighted by Gasteiger charge is 2.25. The van der Waals surface area contributed by atoms with E-state index in [-0.39, 0.29) is 12.2 Å². The number of aromatic hydroxyl groups is 1. The normalized spacial score (nSPS) is 12.4. The van der Waals surface area contributed by atoms with Crippen molar-refractivity contribution < 1.29 is 29.3 Å². The van der Waals surface area contributed by atoms with Crippen molar-refractivity contribution in [2.75, 3.05) is 7.11 Å². The summed E-state index contributed by atoms with van der Waals surface area (Å²) in [5.41, 5.74) is -0.146. The first kappa shape index (κ1) is 19.3. The molecule has 0 aliphatic heterocycles. The third-order valence-electron chi connectivity index (χ3n) is 2.79. The Kier molecular flexibility index (Phi) is 6.48. The molecule has 0 saturated heterocycles. The average molecular weight is 437 g/mol. The maximum absolute atomic E-state index is 11.7. The molecule has 0 bridgehead atoms. The molecular formula is C15H20INO6. The highest BCUT2D eigenvalue weighted by molar-refractivity contribution is 14.1. The molecule has 0 aliphatic carbocycles. The quantitative estimate of drug-likeness (QED) is 0.612. The highest BCUT2D eigenvalue weighted by atomic mass is 127. The van der Waals surface area contributed by atoms with E-state index in [1.807, 2.05) is 22.6 Å². The summed E-state index contributed by atoms with van der Waals surface area (Å²) in [6.07, 6.45) is -0.803. The third kappa shape index (κ3) is 5.77. The van der Waals surface area contributed by atoms with Gasteiger partial charge in [0, 0.05) is 6.42 Å². The minimum absolute atomic E-state index is 0.00437. The van der Waals surface area contributed by atoms with Gasteiger partial charge in [-0.3, -0.25) is 0 Å². The summed E-state index contributed by atoms with van der Waals surface area (Å²) in [5.74, 6) is -0.959. The number of hydrogen-bond donors (Lipinski definition) is 3. The number of carbonyl (C=O) groups is 2. The predicted molar refractivity (Wildman–Crippen MR) is 91.9 cm³/mol. The third-order valence-corrected chi connectivity index (χ3v) is 4.00. The summed E-state index contributed by atoms with van der Waals surface area (Å²) >= 11 is 1.90. The van der Waals surface area contributed by atoms with Crippen LogP contribution in [-0.4, -0.2) is 41.0 Å². The predicted octanol–water partition coefficient (Wildman–Crippen LogP) is 2.53. The van der Waals surface area contributed by atoms with Crippen LogP contribution in [0.4, 0.5) is 4.79 Å². The van der Waals surface area contributed by atoms with Crippen LogP contribution in [-0.2, 0) is 16.0 Å². The van der Waals surface area contributed by atoms with Crippen molar-refractivity contribution in [3.8, 4) is 11.5 Å². The van der Waals surface area contributed by atoms with Gasteiger partial charge in [-0.25, -0.2) is 9.59 Å². The van der Waals surface area contributed by atoms with E-state index < -0.39 is 23.7 Å². The maximum atomic E-state index is 11.7. The fraction of sp³-hybridized carbons (Fsp3) is 0.467. The van der Waals surface area contributed by atoms with Crippen molar-refractivity contribution in [1.82, 2.24) is 5.32 Å². The Balaban J connectivity index is 2.91. The lowest BCUT2D eigenvalue weighted by Gasteiger charge is -2.22. The van der Waals surface area contributed by atoms with Gasteiger partial charge in [-0.15, -0.1) is 0 Å². The number of halogens is 1. The topological polar surface area (TPSA) is 105 Å². The minimum atomic E-state index is -1.19. The highest BCUT2D eigenvalue weighted by Crippen LogP contribution is 2.33. The molecule has 0 saturated carbocycles. The van der Waals surface area contributed by atoms with Gasteiger partial charge in [-0.2, -0.15) is 0 Å². The lowest BCUT2D eigenvalue weighted by atomic mass is 10.1. The zero-order valence-corrected chi connectivity index (χ0v) is 15.5. The molecule has 0 radical (unpaired) electrons. The monoisotopic (exact) mass is 437 g/mol. The van der Waals surface area contributed by atoms with Crippen molar-refractivity contribution >= 4 is 34.7 Å². The SMILES string of the molecule is COc1ccc(CC(NC(=O)OC(C)(C)C)C(=O)O)c(I)c1O. The van der Waals surface area contributed by atoms with Gasteiger partial charge in [0.05, 0.1) is 10.7 Å². The van der Waals surface area contributed by atoms with Crippen molar-refractivity contribution in [2.24, 2.45) is 0 Å². The fourth-order valence-electron chi connectivity index (χ4n) is 1.78. The van der Waals surface area contributed by atoms with E-state index in [4.69, 9.17) is 9.47 Å². The number of benzene rings is 1. The van der Waals surface area contributed by atoms with E-state index in [0.717, 1.165) is 0 Å². The van der Waals surface area contributed by atoms with Gasteiger partial charge in [0.25, 0.3) is 0 Å². The maximum Gasteiger partial charge on any atom is 0.408 e. The molecular weight excluding hydrogens is 417 g/mol. The van der Waals surface area contributed by atoms with Crippen molar-refractivity contribution in [3.63, 3.8) is 0 Å². The van der Waals surface area contributed by atoms with Gasteiger partial charge in [-0.1, -0.05) is 6.07 Å². The molecule has 0 heterocycles. The number of carboxylic acids is 1. The van der Waals surface area contributed by atoms with Gasteiger partial charge in [0.1, 0.15) is 11.6 Å². The Hall–Kier alpha value is -1.71. The van der Waals surface area contributed by atoms with Crippen LogP contribution in [0.25, 0.3) is 0 Å². The van der Waals surface area contributed by atoms with Crippen molar-refractivity contribution in [1.29, 1.82) is 0 Å². The molecule has 3 N–H and O–H groups in total. The first-order valence-electron chi connectivity index (χ1n) is 6.81. The Morgan fingerprint density at radius 1 is 1.35 bits per heavy atom. The molecule has 0 aliphatic rings. The minimum Gasteiger partial charge on any atom is -0.504 e. The van der Waals surface area contributed by atoms with Gasteiger partial charge >= 0.3 is 12.1 Å². The lowest BCUT2D eigenvalue weighted by Crippen LogP contribution is -2.44. The van der Waals surface area contributed by atoms with E-state index in [0.29, 0.717) is 14.9 Å². The first-order valence-corrected chi connectivity index (χ1v) is 7.89. The lowest BCUT2D eigenvalue weighted by molar-refractivity contribution is -0.139. The van der Waals surface area contributed by atoms with Gasteiger partial charge in [-0.05, 0) is 55.0 Å². The number of phenolic OH excluding ortho intramolecular Hbond substituents is 1. The summed E-state index contributed by atoms with van der Waals surface area (Å²) in [4.78, 5) is 23.1. The zero-order valence-electron chi connectivity index (χ0n) is 13.3. The number of alkyl carbamates (subject to hydrolysis) is 1. The number of ether oxygens (including phenoxy) is 2. The van der Waals surface area contributed by atoms with Crippen LogP contribution in [0.5, 0.6) is 11.5 Å². The number of carboxylic acid groups (broad SMARTS) is 1. The van der Waals surface area contributed by atoms with Gasteiger partial charge < -0.3 is 25.0 Å². The van der Waals surface area contributed by atoms with Crippen molar-refractivity contribution in [3.05, 3.63) is 21.3 Å². The summed E-state index contributed by atoms with van der Waals surface area (Å²) in [6, 6.07) is 2.01. The molecule has 128 valence electrons. The van der Waals surface area contributed by atoms with Gasteiger partial charge in [0.15, 0.2) is 11.5 Å². The Bertz CT molecular complexity index is 596. The smallest absolute Gasteiger partial charge is 0.408 e. The number of phenols is 1. The molecule has 8 heteroatoms. The van der Waals surface area contributed by atoms with Crippen LogP contribution < -0.4 is 10.1 Å². The second-order valence-electron chi connectivity index (χ2n) is 5.83. The van der Waals surface area contributed by atoms with Crippen LogP contribution in [0.1, 0.15) is 26.3 Å². The Labute approximate surface area is 148 Å². The van der Waals surface area contributed by atoms with Crippen molar-refractivity contribution in [2.45, 2.75) is 38.8 Å². The molecule has 0 spiro atoms. The number of hydrogen-bond acceptors (Lipinski definition) is 5. The molecule has 1 amide bonds. The Morgan fingerprint density at radius 2 is 1.96 bits per heavy atom. The summed E-state index contributed by atoms with van der Waals surface area (Å²) in [7, 11) is 1.43. The number of methoxy groups -OCH3 is 1. The van der Waals surface area contributed by atoms with E-state index >= 15 is 0 Å². The average Bonchev–Trinajstić information content (AvgIpc) is 2.41. The number of nitrogens with one attached hydrogen (secondary N) is 1.